The molecule has 5 nitrogen and oxygen atoms in total. The highest BCUT2D eigenvalue weighted by molar-refractivity contribution is 7.98. The number of hydrogen-bond donors (Lipinski definition) is 2. The molecule has 0 aliphatic heterocycles. The van der Waals surface area contributed by atoms with Gasteiger partial charge in [-0.2, -0.15) is 0 Å². The van der Waals surface area contributed by atoms with E-state index >= 15 is 0 Å². The number of amides is 1. The normalized spacial score (nSPS) is 10.3. The maximum absolute atomic E-state index is 11.4. The van der Waals surface area contributed by atoms with Crippen LogP contribution in [0.15, 0.2) is 39.9 Å². The number of carbonyl (C=O) groups is 1. The van der Waals surface area contributed by atoms with E-state index in [1.54, 1.807) is 24.2 Å². The predicted octanol–water partition coefficient (Wildman–Crippen LogP) is 1.88. The van der Waals surface area contributed by atoms with Gasteiger partial charge in [-0.1, -0.05) is 0 Å². The highest BCUT2D eigenvalue weighted by Crippen LogP contribution is 2.24. The Morgan fingerprint density at radius 3 is 2.89 bits per heavy atom. The van der Waals surface area contributed by atoms with E-state index in [-0.39, 0.29) is 5.76 Å². The van der Waals surface area contributed by atoms with E-state index in [9.17, 15) is 4.79 Å². The summed E-state index contributed by atoms with van der Waals surface area (Å²) in [5.41, 5.74) is 2.84. The number of nitrogens with two attached hydrogens (primary N) is 1. The number of hydrogen-bond acceptors (Lipinski definition) is 5. The van der Waals surface area contributed by atoms with Crippen LogP contribution in [0.25, 0.3) is 0 Å². The van der Waals surface area contributed by atoms with Crippen molar-refractivity contribution in [1.82, 2.24) is 10.4 Å². The summed E-state index contributed by atoms with van der Waals surface area (Å²) in [6.45, 7) is 1.81. The number of nitrogens with zero attached hydrogens (tertiary/aromatic N) is 1. The van der Waals surface area contributed by atoms with Crippen molar-refractivity contribution in [1.29, 1.82) is 0 Å². The minimum atomic E-state index is -0.410. The standard InChI is InChI=1S/C12H13N3O2S/c1-8-6-9(17-11(8)12(16)15-13)7-18-10-2-4-14-5-3-10/h2-6H,7,13H2,1H3,(H,15,16). The molecule has 0 aliphatic carbocycles. The number of rotatable bonds is 4. The zero-order valence-electron chi connectivity index (χ0n) is 9.84. The van der Waals surface area contributed by atoms with E-state index in [2.05, 4.69) is 10.4 Å². The van der Waals surface area contributed by atoms with Gasteiger partial charge in [0.05, 0.1) is 5.75 Å². The lowest BCUT2D eigenvalue weighted by Crippen LogP contribution is -2.30. The lowest BCUT2D eigenvalue weighted by molar-refractivity contribution is 0.0923. The zero-order valence-corrected chi connectivity index (χ0v) is 10.7. The van der Waals surface area contributed by atoms with Crippen molar-refractivity contribution in [2.75, 3.05) is 0 Å². The van der Waals surface area contributed by atoms with E-state index in [1.807, 2.05) is 25.1 Å². The number of carbonyl (C=O) groups excluding carboxylic acids is 1. The van der Waals surface area contributed by atoms with Crippen LogP contribution in [-0.2, 0) is 5.75 Å². The van der Waals surface area contributed by atoms with Crippen molar-refractivity contribution < 1.29 is 9.21 Å². The Labute approximate surface area is 109 Å². The summed E-state index contributed by atoms with van der Waals surface area (Å²) in [6.07, 6.45) is 3.48. The quantitative estimate of drug-likeness (QED) is 0.381. The van der Waals surface area contributed by atoms with Crippen molar-refractivity contribution in [2.45, 2.75) is 17.6 Å². The fourth-order valence-electron chi connectivity index (χ4n) is 1.50. The molecule has 0 bridgehead atoms. The lowest BCUT2D eigenvalue weighted by Gasteiger charge is -1.98. The highest BCUT2D eigenvalue weighted by atomic mass is 32.2. The van der Waals surface area contributed by atoms with Crippen molar-refractivity contribution in [2.24, 2.45) is 5.84 Å². The van der Waals surface area contributed by atoms with Crippen LogP contribution in [0.2, 0.25) is 0 Å². The summed E-state index contributed by atoms with van der Waals surface area (Å²) in [5.74, 6) is 6.33. The van der Waals surface area contributed by atoms with E-state index < -0.39 is 5.91 Å². The smallest absolute Gasteiger partial charge is 0.301 e. The number of aromatic nitrogens is 1. The molecule has 0 saturated heterocycles. The van der Waals surface area contributed by atoms with Crippen LogP contribution in [0.3, 0.4) is 0 Å². The Balaban J connectivity index is 2.05. The van der Waals surface area contributed by atoms with Crippen LogP contribution >= 0.6 is 11.8 Å². The molecular formula is C12H13N3O2S. The van der Waals surface area contributed by atoms with Crippen LogP contribution in [0.4, 0.5) is 0 Å². The van der Waals surface area contributed by atoms with Crippen molar-refractivity contribution >= 4 is 17.7 Å². The maximum Gasteiger partial charge on any atom is 0.301 e. The number of thioether (sulfide) groups is 1. The van der Waals surface area contributed by atoms with Gasteiger partial charge in [0.1, 0.15) is 5.76 Å². The van der Waals surface area contributed by atoms with Gasteiger partial charge in [0, 0.05) is 22.9 Å². The summed E-state index contributed by atoms with van der Waals surface area (Å²) in [4.78, 5) is 16.4. The molecule has 0 atom stereocenters. The van der Waals surface area contributed by atoms with E-state index in [0.717, 1.165) is 16.2 Å². The van der Waals surface area contributed by atoms with Crippen molar-refractivity contribution in [3.8, 4) is 0 Å². The van der Waals surface area contributed by atoms with Crippen LogP contribution in [0, 0.1) is 6.92 Å². The molecule has 6 heteroatoms. The van der Waals surface area contributed by atoms with Crippen LogP contribution in [-0.4, -0.2) is 10.9 Å². The second-order valence-corrected chi connectivity index (χ2v) is 4.72. The first kappa shape index (κ1) is 12.7. The Morgan fingerprint density at radius 1 is 1.50 bits per heavy atom. The summed E-state index contributed by atoms with van der Waals surface area (Å²) in [7, 11) is 0. The van der Waals surface area contributed by atoms with Crippen LogP contribution < -0.4 is 11.3 Å². The summed E-state index contributed by atoms with van der Waals surface area (Å²) >= 11 is 1.62. The van der Waals surface area contributed by atoms with Gasteiger partial charge in [-0.25, -0.2) is 5.84 Å². The number of nitrogens with one attached hydrogen (secondary N) is 1. The van der Waals surface area contributed by atoms with Gasteiger partial charge < -0.3 is 4.42 Å². The van der Waals surface area contributed by atoms with E-state index in [0.29, 0.717) is 5.75 Å². The Hall–Kier alpha value is -1.79. The van der Waals surface area contributed by atoms with E-state index in [4.69, 9.17) is 10.3 Å². The molecule has 0 aromatic carbocycles. The lowest BCUT2D eigenvalue weighted by atomic mass is 10.2. The minimum absolute atomic E-state index is 0.267. The first-order valence-corrected chi connectivity index (χ1v) is 6.32. The average molecular weight is 263 g/mol. The van der Waals surface area contributed by atoms with E-state index in [1.165, 1.54) is 0 Å². The molecule has 0 saturated carbocycles. The first-order chi connectivity index (χ1) is 8.70. The molecule has 94 valence electrons. The fourth-order valence-corrected chi connectivity index (χ4v) is 2.26. The number of pyridine rings is 1. The molecule has 0 aliphatic rings. The first-order valence-electron chi connectivity index (χ1n) is 5.34. The van der Waals surface area contributed by atoms with Gasteiger partial charge in [-0.05, 0) is 25.1 Å². The molecule has 1 amide bonds. The Morgan fingerprint density at radius 2 is 2.22 bits per heavy atom. The number of aryl methyl sites for hydroxylation is 1. The molecule has 2 heterocycles. The average Bonchev–Trinajstić information content (AvgIpc) is 2.78. The monoisotopic (exact) mass is 263 g/mol. The third kappa shape index (κ3) is 2.91. The number of hydrazine groups is 1. The molecule has 0 spiro atoms. The van der Waals surface area contributed by atoms with Gasteiger partial charge in [-0.3, -0.25) is 15.2 Å². The minimum Gasteiger partial charge on any atom is -0.455 e. The van der Waals surface area contributed by atoms with Gasteiger partial charge in [0.2, 0.25) is 0 Å². The summed E-state index contributed by atoms with van der Waals surface area (Å²) < 4.78 is 5.46. The molecule has 0 unspecified atom stereocenters. The molecular weight excluding hydrogens is 250 g/mol. The third-order valence-electron chi connectivity index (χ3n) is 2.34. The molecule has 2 aromatic heterocycles. The molecule has 3 N–H and O–H groups in total. The second-order valence-electron chi connectivity index (χ2n) is 3.67. The molecule has 2 rings (SSSR count). The number of nitrogen functional groups attached to an aromatic ring is 1. The molecule has 18 heavy (non-hydrogen) atoms. The van der Waals surface area contributed by atoms with Crippen LogP contribution in [0.1, 0.15) is 21.9 Å². The second kappa shape index (κ2) is 5.70. The zero-order chi connectivity index (χ0) is 13.0. The summed E-state index contributed by atoms with van der Waals surface area (Å²) in [5, 5.41) is 0. The SMILES string of the molecule is Cc1cc(CSc2ccncc2)oc1C(=O)NN. The van der Waals surface area contributed by atoms with Crippen molar-refractivity contribution in [3.63, 3.8) is 0 Å². The maximum atomic E-state index is 11.4. The third-order valence-corrected chi connectivity index (χ3v) is 3.37. The number of furan rings is 1. The topological polar surface area (TPSA) is 81.2 Å². The fraction of sp³-hybridized carbons (Fsp3) is 0.167. The van der Waals surface area contributed by atoms with Gasteiger partial charge in [0.15, 0.2) is 5.76 Å². The van der Waals surface area contributed by atoms with Gasteiger partial charge in [-0.15, -0.1) is 11.8 Å². The van der Waals surface area contributed by atoms with Crippen molar-refractivity contribution in [3.05, 3.63) is 47.7 Å². The summed E-state index contributed by atoms with van der Waals surface area (Å²) in [6, 6.07) is 5.70. The molecule has 2 aromatic rings. The van der Waals surface area contributed by atoms with Gasteiger partial charge in [0.25, 0.3) is 0 Å². The Kier molecular flexibility index (Phi) is 4.01. The predicted molar refractivity (Wildman–Crippen MR) is 68.9 cm³/mol. The van der Waals surface area contributed by atoms with Gasteiger partial charge >= 0.3 is 5.91 Å². The van der Waals surface area contributed by atoms with Crippen LogP contribution in [0.5, 0.6) is 0 Å². The molecule has 0 fully saturated rings. The largest absolute Gasteiger partial charge is 0.455 e. The molecule has 0 radical (unpaired) electrons. The Bertz CT molecular complexity index is 540. The highest BCUT2D eigenvalue weighted by Gasteiger charge is 2.14.